The third-order valence-electron chi connectivity index (χ3n) is 5.24. The zero-order valence-electron chi connectivity index (χ0n) is 17.5. The van der Waals surface area contributed by atoms with E-state index in [2.05, 4.69) is 21.2 Å². The first-order chi connectivity index (χ1) is 13.9. The van der Waals surface area contributed by atoms with E-state index in [-0.39, 0.29) is 11.4 Å². The maximum absolute atomic E-state index is 13.5. The molecule has 0 bridgehead atoms. The van der Waals surface area contributed by atoms with E-state index < -0.39 is 38.2 Å². The molecule has 0 radical (unpaired) electrons. The van der Waals surface area contributed by atoms with Gasteiger partial charge in [-0.1, -0.05) is 45.8 Å². The Labute approximate surface area is 186 Å². The van der Waals surface area contributed by atoms with Crippen LogP contribution in [-0.4, -0.2) is 37.4 Å². The smallest absolute Gasteiger partial charge is 0.408 e. The quantitative estimate of drug-likeness (QED) is 0.655. The van der Waals surface area contributed by atoms with Gasteiger partial charge in [-0.05, 0) is 57.5 Å². The number of hydrogen-bond acceptors (Lipinski definition) is 5. The van der Waals surface area contributed by atoms with Crippen molar-refractivity contribution in [1.82, 2.24) is 5.32 Å². The molecule has 1 fully saturated rings. The number of hydrogen-bond donors (Lipinski definition) is 2. The molecule has 3 rings (SSSR count). The number of nitrogens with two attached hydrogens (primary N) is 1. The highest BCUT2D eigenvalue weighted by atomic mass is 79.9. The van der Waals surface area contributed by atoms with Crippen molar-refractivity contribution in [3.8, 4) is 0 Å². The van der Waals surface area contributed by atoms with Crippen molar-refractivity contribution in [2.75, 3.05) is 6.54 Å². The van der Waals surface area contributed by atoms with Crippen LogP contribution in [0.3, 0.4) is 0 Å². The monoisotopic (exact) mass is 494 g/mol. The molecule has 1 aliphatic rings. The Morgan fingerprint density at radius 3 is 2.20 bits per heavy atom. The fourth-order valence-corrected chi connectivity index (χ4v) is 6.42. The minimum absolute atomic E-state index is 0.0390. The number of benzene rings is 2. The lowest BCUT2D eigenvalue weighted by molar-refractivity contribution is 0.0497. The van der Waals surface area contributed by atoms with Gasteiger partial charge < -0.3 is 15.8 Å². The van der Waals surface area contributed by atoms with Gasteiger partial charge in [0.25, 0.3) is 0 Å². The van der Waals surface area contributed by atoms with Crippen LogP contribution in [0.4, 0.5) is 4.79 Å². The third-order valence-corrected chi connectivity index (χ3v) is 8.06. The van der Waals surface area contributed by atoms with E-state index >= 15 is 0 Å². The van der Waals surface area contributed by atoms with Crippen molar-refractivity contribution in [1.29, 1.82) is 0 Å². The second-order valence-corrected chi connectivity index (χ2v) is 11.7. The van der Waals surface area contributed by atoms with Crippen LogP contribution in [0.1, 0.15) is 37.8 Å². The molecule has 0 aromatic heterocycles. The molecule has 3 unspecified atom stereocenters. The van der Waals surface area contributed by atoms with Gasteiger partial charge >= 0.3 is 6.09 Å². The fraction of sp³-hybridized carbons (Fsp3) is 0.409. The number of ether oxygens (including phenoxy) is 1. The van der Waals surface area contributed by atoms with Crippen molar-refractivity contribution >= 4 is 31.9 Å². The number of aryl methyl sites for hydroxylation is 1. The lowest BCUT2D eigenvalue weighted by atomic mass is 10.1. The summed E-state index contributed by atoms with van der Waals surface area (Å²) < 4.78 is 33.4. The summed E-state index contributed by atoms with van der Waals surface area (Å²) in [5.41, 5.74) is 5.97. The van der Waals surface area contributed by atoms with Gasteiger partial charge in [0.15, 0.2) is 9.84 Å². The first-order valence-electron chi connectivity index (χ1n) is 9.68. The van der Waals surface area contributed by atoms with Crippen molar-refractivity contribution in [2.24, 2.45) is 5.73 Å². The second-order valence-electron chi connectivity index (χ2n) is 8.68. The fourth-order valence-electron chi connectivity index (χ4n) is 3.81. The molecule has 1 aliphatic carbocycles. The van der Waals surface area contributed by atoms with E-state index in [0.717, 1.165) is 15.6 Å². The highest BCUT2D eigenvalue weighted by Crippen LogP contribution is 2.57. The third kappa shape index (κ3) is 4.40. The van der Waals surface area contributed by atoms with E-state index in [1.165, 1.54) is 0 Å². The Hall–Kier alpha value is -1.90. The Morgan fingerprint density at radius 1 is 1.13 bits per heavy atom. The Morgan fingerprint density at radius 2 is 1.70 bits per heavy atom. The zero-order valence-corrected chi connectivity index (χ0v) is 19.9. The number of carbonyl (C=O) groups excluding carboxylic acids is 1. The van der Waals surface area contributed by atoms with Gasteiger partial charge in [-0.2, -0.15) is 0 Å². The number of alkyl carbamates (subject to hydrolysis) is 1. The van der Waals surface area contributed by atoms with Crippen molar-refractivity contribution in [2.45, 2.75) is 54.9 Å². The minimum atomic E-state index is -3.76. The standard InChI is InChI=1S/C22H27BrN2O4S/c1-14-5-11-17(12-6-14)30(27,28)19-18(15-7-9-16(23)10-8-15)22(19,13-24)25-20(26)29-21(2,3)4/h5-12,18-19H,13,24H2,1-4H3,(H,25,26). The number of nitrogens with one attached hydrogen (secondary N) is 1. The van der Waals surface area contributed by atoms with Gasteiger partial charge in [0.2, 0.25) is 0 Å². The molecule has 0 heterocycles. The molecule has 162 valence electrons. The first kappa shape index (κ1) is 22.8. The lowest BCUT2D eigenvalue weighted by Gasteiger charge is -2.24. The second kappa shape index (κ2) is 7.98. The van der Waals surface area contributed by atoms with Crippen LogP contribution in [0.5, 0.6) is 0 Å². The van der Waals surface area contributed by atoms with Crippen molar-refractivity contribution < 1.29 is 17.9 Å². The average Bonchev–Trinajstić information content (AvgIpc) is 3.30. The molecule has 8 heteroatoms. The van der Waals surface area contributed by atoms with Crippen LogP contribution < -0.4 is 11.1 Å². The van der Waals surface area contributed by atoms with E-state index in [1.807, 2.05) is 31.2 Å². The molecule has 0 spiro atoms. The number of sulfone groups is 1. The summed E-state index contributed by atoms with van der Waals surface area (Å²) in [5.74, 6) is -0.491. The summed E-state index contributed by atoms with van der Waals surface area (Å²) in [7, 11) is -3.76. The highest BCUT2D eigenvalue weighted by molar-refractivity contribution is 9.10. The normalized spacial score (nSPS) is 23.7. The molecule has 3 N–H and O–H groups in total. The molecular formula is C22H27BrN2O4S. The molecular weight excluding hydrogens is 468 g/mol. The van der Waals surface area contributed by atoms with Crippen LogP contribution in [0.2, 0.25) is 0 Å². The van der Waals surface area contributed by atoms with Crippen molar-refractivity contribution in [3.05, 3.63) is 64.1 Å². The van der Waals surface area contributed by atoms with E-state index in [4.69, 9.17) is 10.5 Å². The van der Waals surface area contributed by atoms with E-state index in [0.29, 0.717) is 0 Å². The number of rotatable bonds is 5. The Balaban J connectivity index is 2.03. The molecule has 0 saturated heterocycles. The minimum Gasteiger partial charge on any atom is -0.444 e. The largest absolute Gasteiger partial charge is 0.444 e. The van der Waals surface area contributed by atoms with Gasteiger partial charge in [0, 0.05) is 16.9 Å². The van der Waals surface area contributed by atoms with Crippen LogP contribution in [0, 0.1) is 6.92 Å². The van der Waals surface area contributed by atoms with Crippen LogP contribution in [0.15, 0.2) is 57.9 Å². The summed E-state index contributed by atoms with van der Waals surface area (Å²) in [5, 5.41) is 1.90. The lowest BCUT2D eigenvalue weighted by Crippen LogP contribution is -2.49. The summed E-state index contributed by atoms with van der Waals surface area (Å²) in [6, 6.07) is 14.1. The molecule has 3 atom stereocenters. The van der Waals surface area contributed by atoms with Crippen LogP contribution >= 0.6 is 15.9 Å². The number of halogens is 1. The van der Waals surface area contributed by atoms with Crippen LogP contribution in [0.25, 0.3) is 0 Å². The van der Waals surface area contributed by atoms with Gasteiger partial charge in [-0.15, -0.1) is 0 Å². The predicted molar refractivity (Wildman–Crippen MR) is 120 cm³/mol. The number of carbonyl (C=O) groups is 1. The van der Waals surface area contributed by atoms with Crippen LogP contribution in [-0.2, 0) is 14.6 Å². The highest BCUT2D eigenvalue weighted by Gasteiger charge is 2.71. The summed E-state index contributed by atoms with van der Waals surface area (Å²) >= 11 is 3.40. The van der Waals surface area contributed by atoms with Gasteiger partial charge in [0.1, 0.15) is 10.9 Å². The van der Waals surface area contributed by atoms with Crippen molar-refractivity contribution in [3.63, 3.8) is 0 Å². The predicted octanol–water partition coefficient (Wildman–Crippen LogP) is 3.92. The average molecular weight is 495 g/mol. The molecule has 30 heavy (non-hydrogen) atoms. The maximum Gasteiger partial charge on any atom is 0.408 e. The topological polar surface area (TPSA) is 98.5 Å². The SMILES string of the molecule is Cc1ccc(S(=O)(=O)C2C(c3ccc(Br)cc3)C2(CN)NC(=O)OC(C)(C)C)cc1. The van der Waals surface area contributed by atoms with Gasteiger partial charge in [-0.25, -0.2) is 13.2 Å². The van der Waals surface area contributed by atoms with Gasteiger partial charge in [-0.3, -0.25) is 0 Å². The van der Waals surface area contributed by atoms with E-state index in [1.54, 1.807) is 45.0 Å². The molecule has 1 amide bonds. The van der Waals surface area contributed by atoms with E-state index in [9.17, 15) is 13.2 Å². The first-order valence-corrected chi connectivity index (χ1v) is 12.0. The Kier molecular flexibility index (Phi) is 6.06. The van der Waals surface area contributed by atoms with Gasteiger partial charge in [0.05, 0.1) is 10.4 Å². The molecule has 2 aromatic carbocycles. The molecule has 0 aliphatic heterocycles. The summed E-state index contributed by atoms with van der Waals surface area (Å²) in [6.45, 7) is 7.11. The molecule has 1 saturated carbocycles. The summed E-state index contributed by atoms with van der Waals surface area (Å²) in [4.78, 5) is 12.8. The zero-order chi connectivity index (χ0) is 22.3. The Bertz CT molecular complexity index is 1030. The maximum atomic E-state index is 13.5. The molecule has 6 nitrogen and oxygen atoms in total. The number of amides is 1. The summed E-state index contributed by atoms with van der Waals surface area (Å²) in [6.07, 6.45) is -0.684. The molecule has 2 aromatic rings.